The van der Waals surface area contributed by atoms with Gasteiger partial charge in [-0.2, -0.15) is 5.26 Å². The van der Waals surface area contributed by atoms with Gasteiger partial charge in [0.25, 0.3) is 0 Å². The molecule has 2 heterocycles. The molecule has 21 heavy (non-hydrogen) atoms. The number of halogens is 1. The van der Waals surface area contributed by atoms with E-state index in [1.807, 2.05) is 24.0 Å². The van der Waals surface area contributed by atoms with Gasteiger partial charge in [-0.25, -0.2) is 0 Å². The number of carboxylic acid groups (broad SMARTS) is 1. The van der Waals surface area contributed by atoms with Crippen LogP contribution >= 0.6 is 11.6 Å². The Labute approximate surface area is 126 Å². The molecule has 1 fully saturated rings. The van der Waals surface area contributed by atoms with Crippen molar-refractivity contribution in [3.05, 3.63) is 34.5 Å². The van der Waals surface area contributed by atoms with E-state index in [1.165, 1.54) is 6.20 Å². The Hall–Kier alpha value is -2.32. The molecule has 1 saturated heterocycles. The highest BCUT2D eigenvalue weighted by atomic mass is 35.5. The molecule has 0 spiro atoms. The smallest absolute Gasteiger partial charge is 0.310 e. The summed E-state index contributed by atoms with van der Waals surface area (Å²) in [5, 5.41) is 19.6. The Bertz CT molecular complexity index is 792. The van der Waals surface area contributed by atoms with Gasteiger partial charge < -0.3 is 10.0 Å². The first-order valence-electron chi connectivity index (χ1n) is 6.48. The number of rotatable bonds is 2. The average molecular weight is 302 g/mol. The zero-order valence-electron chi connectivity index (χ0n) is 11.3. The van der Waals surface area contributed by atoms with Crippen molar-refractivity contribution in [3.63, 3.8) is 0 Å². The number of fused-ring (bicyclic) bond motifs is 1. The van der Waals surface area contributed by atoms with Crippen LogP contribution in [0.4, 0.5) is 5.69 Å². The molecule has 0 atom stereocenters. The van der Waals surface area contributed by atoms with Crippen molar-refractivity contribution in [3.8, 4) is 6.07 Å². The standard InChI is InChI=1S/C15H12ClN3O2/c1-8-2-11-13(12(16)3-8)18-5-9(4-17)14(11)19-6-10(7-19)15(20)21/h2-3,5,10H,6-7H2,1H3,(H,20,21). The van der Waals surface area contributed by atoms with E-state index < -0.39 is 5.97 Å². The number of aliphatic carboxylic acids is 1. The summed E-state index contributed by atoms with van der Waals surface area (Å²) in [6, 6.07) is 5.88. The number of carboxylic acids is 1. The fourth-order valence-electron chi connectivity index (χ4n) is 2.62. The number of hydrogen-bond acceptors (Lipinski definition) is 4. The fraction of sp³-hybridized carbons (Fsp3) is 0.267. The third kappa shape index (κ3) is 2.18. The second-order valence-corrected chi connectivity index (χ2v) is 5.62. The van der Waals surface area contributed by atoms with Gasteiger partial charge in [0.1, 0.15) is 6.07 Å². The largest absolute Gasteiger partial charge is 0.481 e. The summed E-state index contributed by atoms with van der Waals surface area (Å²) >= 11 is 6.22. The van der Waals surface area contributed by atoms with Crippen LogP contribution in [-0.4, -0.2) is 29.1 Å². The lowest BCUT2D eigenvalue weighted by Crippen LogP contribution is -2.50. The first-order chi connectivity index (χ1) is 10.0. The summed E-state index contributed by atoms with van der Waals surface area (Å²) in [4.78, 5) is 17.1. The molecule has 1 aliphatic heterocycles. The molecule has 0 saturated carbocycles. The summed E-state index contributed by atoms with van der Waals surface area (Å²) in [5.41, 5.74) is 2.77. The van der Waals surface area contributed by atoms with Gasteiger partial charge in [-0.15, -0.1) is 0 Å². The lowest BCUT2D eigenvalue weighted by atomic mass is 9.96. The van der Waals surface area contributed by atoms with Gasteiger partial charge in [0, 0.05) is 24.7 Å². The SMILES string of the molecule is Cc1cc(Cl)c2ncc(C#N)c(N3CC(C(=O)O)C3)c2c1. The number of nitriles is 1. The molecule has 3 rings (SSSR count). The van der Waals surface area contributed by atoms with E-state index in [0.29, 0.717) is 29.2 Å². The van der Waals surface area contributed by atoms with Crippen molar-refractivity contribution >= 4 is 34.2 Å². The van der Waals surface area contributed by atoms with Crippen molar-refractivity contribution < 1.29 is 9.90 Å². The molecule has 1 N–H and O–H groups in total. The number of aromatic nitrogens is 1. The molecule has 1 aliphatic rings. The maximum absolute atomic E-state index is 11.0. The number of pyridine rings is 1. The Morgan fingerprint density at radius 1 is 1.52 bits per heavy atom. The zero-order valence-corrected chi connectivity index (χ0v) is 12.1. The maximum atomic E-state index is 11.0. The van der Waals surface area contributed by atoms with Crippen molar-refractivity contribution in [1.29, 1.82) is 5.26 Å². The highest BCUT2D eigenvalue weighted by Crippen LogP contribution is 2.36. The van der Waals surface area contributed by atoms with Crippen LogP contribution in [-0.2, 0) is 4.79 Å². The molecule has 0 amide bonds. The minimum Gasteiger partial charge on any atom is -0.481 e. The lowest BCUT2D eigenvalue weighted by Gasteiger charge is -2.39. The van der Waals surface area contributed by atoms with E-state index in [4.69, 9.17) is 16.7 Å². The summed E-state index contributed by atoms with van der Waals surface area (Å²) in [6.07, 6.45) is 1.49. The van der Waals surface area contributed by atoms with Gasteiger partial charge in [0.15, 0.2) is 0 Å². The number of hydrogen-bond donors (Lipinski definition) is 1. The third-order valence-corrected chi connectivity index (χ3v) is 4.00. The summed E-state index contributed by atoms with van der Waals surface area (Å²) in [6.45, 7) is 2.72. The molecule has 5 nitrogen and oxygen atoms in total. The molecular formula is C15H12ClN3O2. The van der Waals surface area contributed by atoms with Crippen LogP contribution in [0, 0.1) is 24.2 Å². The molecule has 0 unspecified atom stereocenters. The monoisotopic (exact) mass is 301 g/mol. The number of benzene rings is 1. The van der Waals surface area contributed by atoms with Crippen LogP contribution in [0.15, 0.2) is 18.3 Å². The second-order valence-electron chi connectivity index (χ2n) is 5.22. The van der Waals surface area contributed by atoms with Crippen molar-refractivity contribution in [2.45, 2.75) is 6.92 Å². The van der Waals surface area contributed by atoms with Crippen molar-refractivity contribution in [1.82, 2.24) is 4.98 Å². The van der Waals surface area contributed by atoms with Crippen LogP contribution in [0.2, 0.25) is 5.02 Å². The van der Waals surface area contributed by atoms with Gasteiger partial charge in [-0.1, -0.05) is 11.6 Å². The highest BCUT2D eigenvalue weighted by molar-refractivity contribution is 6.35. The molecular weight excluding hydrogens is 290 g/mol. The van der Waals surface area contributed by atoms with Gasteiger partial charge in [0.2, 0.25) is 0 Å². The van der Waals surface area contributed by atoms with Gasteiger partial charge in [-0.05, 0) is 24.6 Å². The van der Waals surface area contributed by atoms with Gasteiger partial charge in [0.05, 0.1) is 27.7 Å². The summed E-state index contributed by atoms with van der Waals surface area (Å²) < 4.78 is 0. The fourth-order valence-corrected chi connectivity index (χ4v) is 2.94. The predicted molar refractivity (Wildman–Crippen MR) is 79.5 cm³/mol. The highest BCUT2D eigenvalue weighted by Gasteiger charge is 2.34. The molecule has 0 radical (unpaired) electrons. The average Bonchev–Trinajstić information content (AvgIpc) is 2.36. The molecule has 106 valence electrons. The van der Waals surface area contributed by atoms with E-state index in [9.17, 15) is 10.1 Å². The van der Waals surface area contributed by atoms with Crippen molar-refractivity contribution in [2.24, 2.45) is 5.92 Å². The Morgan fingerprint density at radius 3 is 2.86 bits per heavy atom. The third-order valence-electron chi connectivity index (χ3n) is 3.71. The van der Waals surface area contributed by atoms with Crippen LogP contribution in [0.3, 0.4) is 0 Å². The Balaban J connectivity index is 2.16. The first-order valence-corrected chi connectivity index (χ1v) is 6.85. The van der Waals surface area contributed by atoms with E-state index in [2.05, 4.69) is 11.1 Å². The first kappa shape index (κ1) is 13.7. The molecule has 6 heteroatoms. The van der Waals surface area contributed by atoms with Crippen LogP contribution in [0.25, 0.3) is 10.9 Å². The number of carbonyl (C=O) groups is 1. The normalized spacial score (nSPS) is 14.8. The van der Waals surface area contributed by atoms with E-state index in [1.54, 1.807) is 0 Å². The molecule has 1 aromatic heterocycles. The van der Waals surface area contributed by atoms with Crippen molar-refractivity contribution in [2.75, 3.05) is 18.0 Å². The number of anilines is 1. The molecule has 0 aliphatic carbocycles. The molecule has 2 aromatic rings. The van der Waals surface area contributed by atoms with E-state index in [0.717, 1.165) is 16.6 Å². The second kappa shape index (κ2) is 4.90. The van der Waals surface area contributed by atoms with Crippen LogP contribution < -0.4 is 4.90 Å². The number of aryl methyl sites for hydroxylation is 1. The topological polar surface area (TPSA) is 77.2 Å². The zero-order chi connectivity index (χ0) is 15.1. The minimum atomic E-state index is -0.808. The summed E-state index contributed by atoms with van der Waals surface area (Å²) in [5.74, 6) is -1.20. The van der Waals surface area contributed by atoms with Gasteiger partial charge in [-0.3, -0.25) is 9.78 Å². The summed E-state index contributed by atoms with van der Waals surface area (Å²) in [7, 11) is 0. The lowest BCUT2D eigenvalue weighted by molar-refractivity contribution is -0.142. The maximum Gasteiger partial charge on any atom is 0.310 e. The number of nitrogens with zero attached hydrogens (tertiary/aromatic N) is 3. The quantitative estimate of drug-likeness (QED) is 0.922. The van der Waals surface area contributed by atoms with E-state index >= 15 is 0 Å². The molecule has 0 bridgehead atoms. The Morgan fingerprint density at radius 2 is 2.24 bits per heavy atom. The Kier molecular flexibility index (Phi) is 3.19. The molecule has 1 aromatic carbocycles. The van der Waals surface area contributed by atoms with Crippen LogP contribution in [0.1, 0.15) is 11.1 Å². The van der Waals surface area contributed by atoms with Crippen LogP contribution in [0.5, 0.6) is 0 Å². The predicted octanol–water partition coefficient (Wildman–Crippen LogP) is 2.59. The minimum absolute atomic E-state index is 0.389. The van der Waals surface area contributed by atoms with Gasteiger partial charge >= 0.3 is 5.97 Å². The van der Waals surface area contributed by atoms with E-state index in [-0.39, 0.29) is 5.92 Å².